The Morgan fingerprint density at radius 2 is 1.72 bits per heavy atom. The summed E-state index contributed by atoms with van der Waals surface area (Å²) in [6.07, 6.45) is 12.8. The van der Waals surface area contributed by atoms with Crippen LogP contribution in [0.25, 0.3) is 0 Å². The monoisotopic (exact) mass is 633 g/mol. The minimum absolute atomic E-state index is 0.0275. The van der Waals surface area contributed by atoms with E-state index in [9.17, 15) is 10.2 Å². The number of nitrogens with zero attached hydrogens (tertiary/aromatic N) is 1. The molecule has 2 aromatic carbocycles. The second-order valence-corrected chi connectivity index (χ2v) is 16.2. The Labute approximate surface area is 279 Å². The first kappa shape index (κ1) is 35.3. The number of nitrogens with two attached hydrogens (primary N) is 1. The normalized spacial score (nSPS) is 27.2. The van der Waals surface area contributed by atoms with Gasteiger partial charge in [0.05, 0.1) is 18.2 Å². The van der Waals surface area contributed by atoms with E-state index in [-0.39, 0.29) is 18.2 Å². The highest BCUT2D eigenvalue weighted by molar-refractivity contribution is 5.54. The van der Waals surface area contributed by atoms with Crippen LogP contribution in [0.1, 0.15) is 96.1 Å². The molecule has 6 N–H and O–H groups in total. The molecular formula is C40H64N4O2. The van der Waals surface area contributed by atoms with Crippen LogP contribution >= 0.6 is 0 Å². The highest BCUT2D eigenvalue weighted by Gasteiger charge is 2.38. The molecule has 2 heterocycles. The summed E-state index contributed by atoms with van der Waals surface area (Å²) in [5, 5.41) is 30.4. The SMILES string of the molecule is CC(C)(C)CCC1CC2CCCCC2CN1C[C@H](O)[C@@H](Cc1ccccc1)NC[C@H](CCN)CCC1Nc2ccccc2CC1O. The molecule has 46 heavy (non-hydrogen) atoms. The number of anilines is 1. The minimum Gasteiger partial charge on any atom is -0.391 e. The molecular weight excluding hydrogens is 568 g/mol. The first-order valence-electron chi connectivity index (χ1n) is 18.6. The summed E-state index contributed by atoms with van der Waals surface area (Å²) in [6, 6.07) is 19.6. The smallest absolute Gasteiger partial charge is 0.0823 e. The van der Waals surface area contributed by atoms with Crippen LogP contribution in [-0.2, 0) is 12.8 Å². The zero-order valence-corrected chi connectivity index (χ0v) is 29.0. The van der Waals surface area contributed by atoms with Crippen LogP contribution in [0.2, 0.25) is 0 Å². The number of likely N-dealkylation sites (tertiary alicyclic amines) is 1. The number of aliphatic hydroxyl groups excluding tert-OH is 2. The first-order valence-corrected chi connectivity index (χ1v) is 18.6. The second kappa shape index (κ2) is 16.9. The van der Waals surface area contributed by atoms with E-state index in [0.29, 0.717) is 30.3 Å². The quantitative estimate of drug-likeness (QED) is 0.156. The molecule has 0 aromatic heterocycles. The molecule has 256 valence electrons. The van der Waals surface area contributed by atoms with Gasteiger partial charge in [0.15, 0.2) is 0 Å². The van der Waals surface area contributed by atoms with Gasteiger partial charge < -0.3 is 26.6 Å². The van der Waals surface area contributed by atoms with Gasteiger partial charge in [0.25, 0.3) is 0 Å². The van der Waals surface area contributed by atoms with Crippen molar-refractivity contribution in [3.05, 3.63) is 65.7 Å². The van der Waals surface area contributed by atoms with Crippen LogP contribution in [-0.4, -0.2) is 71.6 Å². The van der Waals surface area contributed by atoms with Crippen LogP contribution in [0, 0.1) is 23.2 Å². The Bertz CT molecular complexity index is 1170. The summed E-state index contributed by atoms with van der Waals surface area (Å²) in [5.41, 5.74) is 10.1. The summed E-state index contributed by atoms with van der Waals surface area (Å²) in [5.74, 6) is 2.05. The number of β-amino-alcohol motifs (C(OH)–C–C–N with tert-alkyl or cyclic N) is 1. The van der Waals surface area contributed by atoms with Gasteiger partial charge in [0.2, 0.25) is 0 Å². The third kappa shape index (κ3) is 10.3. The minimum atomic E-state index is -0.450. The Morgan fingerprint density at radius 3 is 2.48 bits per heavy atom. The number of para-hydroxylation sites is 1. The lowest BCUT2D eigenvalue weighted by Crippen LogP contribution is -2.55. The Balaban J connectivity index is 1.23. The Morgan fingerprint density at radius 1 is 0.978 bits per heavy atom. The van der Waals surface area contributed by atoms with E-state index in [2.05, 4.69) is 84.8 Å². The van der Waals surface area contributed by atoms with E-state index in [4.69, 9.17) is 5.73 Å². The maximum absolute atomic E-state index is 12.0. The van der Waals surface area contributed by atoms with E-state index >= 15 is 0 Å². The fourth-order valence-electron chi connectivity index (χ4n) is 8.57. The van der Waals surface area contributed by atoms with Crippen molar-refractivity contribution in [3.63, 3.8) is 0 Å². The average molecular weight is 633 g/mol. The average Bonchev–Trinajstić information content (AvgIpc) is 3.04. The molecule has 1 saturated carbocycles. The Kier molecular flexibility index (Phi) is 13.0. The van der Waals surface area contributed by atoms with E-state index in [1.54, 1.807) is 0 Å². The maximum atomic E-state index is 12.0. The van der Waals surface area contributed by atoms with Crippen LogP contribution in [0.3, 0.4) is 0 Å². The van der Waals surface area contributed by atoms with Crippen LogP contribution in [0.5, 0.6) is 0 Å². The van der Waals surface area contributed by atoms with Gasteiger partial charge in [-0.1, -0.05) is 88.6 Å². The predicted molar refractivity (Wildman–Crippen MR) is 192 cm³/mol. The summed E-state index contributed by atoms with van der Waals surface area (Å²) in [7, 11) is 0. The third-order valence-corrected chi connectivity index (χ3v) is 11.4. The van der Waals surface area contributed by atoms with Gasteiger partial charge in [-0.05, 0) is 105 Å². The van der Waals surface area contributed by atoms with E-state index < -0.39 is 6.10 Å². The van der Waals surface area contributed by atoms with Crippen molar-refractivity contribution in [2.45, 2.75) is 128 Å². The molecule has 1 aliphatic carbocycles. The molecule has 3 aliphatic rings. The van der Waals surface area contributed by atoms with Crippen molar-refractivity contribution in [3.8, 4) is 0 Å². The van der Waals surface area contributed by atoms with Gasteiger partial charge in [0, 0.05) is 37.3 Å². The summed E-state index contributed by atoms with van der Waals surface area (Å²) in [6.45, 7) is 10.4. The zero-order chi connectivity index (χ0) is 32.5. The molecule has 5 rings (SSSR count). The van der Waals surface area contributed by atoms with Crippen molar-refractivity contribution in [2.75, 3.05) is 31.5 Å². The van der Waals surface area contributed by atoms with Crippen molar-refractivity contribution >= 4 is 5.69 Å². The summed E-state index contributed by atoms with van der Waals surface area (Å²) in [4.78, 5) is 2.69. The summed E-state index contributed by atoms with van der Waals surface area (Å²) < 4.78 is 0. The van der Waals surface area contributed by atoms with Crippen LogP contribution < -0.4 is 16.4 Å². The number of aliphatic hydroxyl groups is 2. The van der Waals surface area contributed by atoms with Gasteiger partial charge >= 0.3 is 0 Å². The van der Waals surface area contributed by atoms with Crippen molar-refractivity contribution in [1.82, 2.24) is 10.2 Å². The zero-order valence-electron chi connectivity index (χ0n) is 29.0. The van der Waals surface area contributed by atoms with Crippen molar-refractivity contribution in [2.24, 2.45) is 28.9 Å². The molecule has 6 nitrogen and oxygen atoms in total. The Hall–Kier alpha value is -1.96. The van der Waals surface area contributed by atoms with E-state index in [0.717, 1.165) is 62.8 Å². The number of hydrogen-bond donors (Lipinski definition) is 5. The van der Waals surface area contributed by atoms with Crippen LogP contribution in [0.15, 0.2) is 54.6 Å². The topological polar surface area (TPSA) is 93.8 Å². The molecule has 6 heteroatoms. The predicted octanol–water partition coefficient (Wildman–Crippen LogP) is 6.40. The maximum Gasteiger partial charge on any atom is 0.0823 e. The number of nitrogens with one attached hydrogen (secondary N) is 2. The molecule has 2 aliphatic heterocycles. The second-order valence-electron chi connectivity index (χ2n) is 16.2. The van der Waals surface area contributed by atoms with Gasteiger partial charge in [0.1, 0.15) is 0 Å². The number of rotatable bonds is 15. The fraction of sp³-hybridized carbons (Fsp3) is 0.700. The van der Waals surface area contributed by atoms with E-state index in [1.165, 1.54) is 56.1 Å². The van der Waals surface area contributed by atoms with Crippen LogP contribution in [0.4, 0.5) is 5.69 Å². The third-order valence-electron chi connectivity index (χ3n) is 11.4. The lowest BCUT2D eigenvalue weighted by molar-refractivity contribution is -0.00804. The molecule has 0 amide bonds. The molecule has 5 unspecified atom stereocenters. The first-order chi connectivity index (χ1) is 22.2. The highest BCUT2D eigenvalue weighted by atomic mass is 16.3. The number of fused-ring (bicyclic) bond motifs is 2. The molecule has 2 fully saturated rings. The molecule has 1 saturated heterocycles. The molecule has 0 radical (unpaired) electrons. The largest absolute Gasteiger partial charge is 0.391 e. The van der Waals surface area contributed by atoms with Crippen molar-refractivity contribution < 1.29 is 10.2 Å². The molecule has 0 spiro atoms. The lowest BCUT2D eigenvalue weighted by Gasteiger charge is -2.48. The highest BCUT2D eigenvalue weighted by Crippen LogP contribution is 2.40. The molecule has 0 bridgehead atoms. The van der Waals surface area contributed by atoms with Gasteiger partial charge in [-0.3, -0.25) is 4.90 Å². The molecule has 2 aromatic rings. The number of benzene rings is 2. The lowest BCUT2D eigenvalue weighted by atomic mass is 9.71. The number of piperidine rings is 1. The van der Waals surface area contributed by atoms with Gasteiger partial charge in [-0.15, -0.1) is 0 Å². The standard InChI is InChI=1S/C40H64N4O2/c1-40(2,3)21-19-34-24-31-13-7-8-15-33(31)27-44(34)28-39(46)37(23-29-11-5-4-6-12-29)42-26-30(20-22-41)17-18-36-38(45)25-32-14-9-10-16-35(32)43-36/h4-6,9-12,14,16,30-31,33-34,36-39,42-43,45-46H,7-8,13,15,17-28,41H2,1-3H3/t30-,31?,33?,34?,36?,37+,38?,39-/m0/s1. The van der Waals surface area contributed by atoms with E-state index in [1.807, 2.05) is 6.07 Å². The van der Waals surface area contributed by atoms with Crippen molar-refractivity contribution in [1.29, 1.82) is 0 Å². The fourth-order valence-corrected chi connectivity index (χ4v) is 8.57. The summed E-state index contributed by atoms with van der Waals surface area (Å²) >= 11 is 0. The molecule has 8 atom stereocenters. The van der Waals surface area contributed by atoms with Gasteiger partial charge in [-0.25, -0.2) is 0 Å². The number of hydrogen-bond acceptors (Lipinski definition) is 6. The van der Waals surface area contributed by atoms with Gasteiger partial charge in [-0.2, -0.15) is 0 Å².